The van der Waals surface area contributed by atoms with Crippen LogP contribution in [0.2, 0.25) is 5.02 Å². The number of para-hydroxylation sites is 1. The second-order valence-electron chi connectivity index (χ2n) is 9.96. The van der Waals surface area contributed by atoms with Crippen molar-refractivity contribution < 1.29 is 4.74 Å². The predicted octanol–water partition coefficient (Wildman–Crippen LogP) is 7.68. The SMILES string of the molecule is COc1ccc(Cn2c(-c3ccc(N)cc3)nc3cc(Nc4ncc(Cl)c(-c5c[nH]c6ccccc56)n4)ccc32)cc1. The van der Waals surface area contributed by atoms with Crippen molar-refractivity contribution in [1.29, 1.82) is 0 Å². The zero-order valence-electron chi connectivity index (χ0n) is 22.7. The van der Waals surface area contributed by atoms with E-state index in [-0.39, 0.29) is 0 Å². The van der Waals surface area contributed by atoms with Crippen molar-refractivity contribution in [2.75, 3.05) is 18.2 Å². The fourth-order valence-electron chi connectivity index (χ4n) is 5.15. The second kappa shape index (κ2) is 10.6. The number of ether oxygens (including phenoxy) is 1. The molecule has 8 nitrogen and oxygen atoms in total. The zero-order valence-corrected chi connectivity index (χ0v) is 23.4. The van der Waals surface area contributed by atoms with Crippen LogP contribution in [0.5, 0.6) is 5.75 Å². The summed E-state index contributed by atoms with van der Waals surface area (Å²) in [6.07, 6.45) is 3.54. The summed E-state index contributed by atoms with van der Waals surface area (Å²) in [7, 11) is 1.67. The van der Waals surface area contributed by atoms with Crippen molar-refractivity contribution in [3.05, 3.63) is 114 Å². The van der Waals surface area contributed by atoms with Crippen molar-refractivity contribution in [2.45, 2.75) is 6.54 Å². The van der Waals surface area contributed by atoms with Gasteiger partial charge in [0.2, 0.25) is 5.95 Å². The first-order valence-electron chi connectivity index (χ1n) is 13.4. The molecule has 0 amide bonds. The molecule has 4 aromatic carbocycles. The van der Waals surface area contributed by atoms with Gasteiger partial charge in [0, 0.05) is 46.1 Å². The van der Waals surface area contributed by atoms with Crippen LogP contribution in [0.3, 0.4) is 0 Å². The molecule has 7 aromatic rings. The van der Waals surface area contributed by atoms with Gasteiger partial charge in [-0.15, -0.1) is 0 Å². The Bertz CT molecular complexity index is 2050. The highest BCUT2D eigenvalue weighted by atomic mass is 35.5. The number of rotatable bonds is 7. The number of H-pyrrole nitrogens is 1. The molecule has 0 saturated heterocycles. The number of nitrogens with one attached hydrogen (secondary N) is 2. The molecule has 4 N–H and O–H groups in total. The van der Waals surface area contributed by atoms with Gasteiger partial charge in [0.1, 0.15) is 11.6 Å². The lowest BCUT2D eigenvalue weighted by Crippen LogP contribution is -2.02. The number of imidazole rings is 1. The number of halogens is 1. The number of nitrogen functional groups attached to an aromatic ring is 1. The lowest BCUT2D eigenvalue weighted by Gasteiger charge is -2.11. The Morgan fingerprint density at radius 1 is 0.952 bits per heavy atom. The van der Waals surface area contributed by atoms with Crippen LogP contribution < -0.4 is 15.8 Å². The Kier molecular flexibility index (Phi) is 6.45. The Hall–Kier alpha value is -5.34. The Labute approximate surface area is 246 Å². The minimum Gasteiger partial charge on any atom is -0.497 e. The lowest BCUT2D eigenvalue weighted by molar-refractivity contribution is 0.414. The number of anilines is 3. The van der Waals surface area contributed by atoms with Crippen LogP contribution in [0, 0.1) is 0 Å². The highest BCUT2D eigenvalue weighted by Gasteiger charge is 2.16. The molecule has 42 heavy (non-hydrogen) atoms. The normalized spacial score (nSPS) is 11.3. The van der Waals surface area contributed by atoms with E-state index in [9.17, 15) is 0 Å². The third-order valence-corrected chi connectivity index (χ3v) is 7.54. The van der Waals surface area contributed by atoms with Gasteiger partial charge in [-0.25, -0.2) is 15.0 Å². The minimum absolute atomic E-state index is 0.440. The van der Waals surface area contributed by atoms with Gasteiger partial charge in [-0.1, -0.05) is 41.9 Å². The van der Waals surface area contributed by atoms with Gasteiger partial charge < -0.3 is 25.3 Å². The average molecular weight is 572 g/mol. The molecule has 9 heteroatoms. The lowest BCUT2D eigenvalue weighted by atomic mass is 10.1. The molecule has 0 bridgehead atoms. The van der Waals surface area contributed by atoms with E-state index >= 15 is 0 Å². The Morgan fingerprint density at radius 2 is 1.76 bits per heavy atom. The van der Waals surface area contributed by atoms with Crippen molar-refractivity contribution in [3.63, 3.8) is 0 Å². The van der Waals surface area contributed by atoms with E-state index in [0.717, 1.165) is 55.9 Å². The van der Waals surface area contributed by atoms with E-state index < -0.39 is 0 Å². The maximum absolute atomic E-state index is 6.55. The summed E-state index contributed by atoms with van der Waals surface area (Å²) in [4.78, 5) is 17.5. The largest absolute Gasteiger partial charge is 0.497 e. The quantitative estimate of drug-likeness (QED) is 0.169. The zero-order chi connectivity index (χ0) is 28.6. The summed E-state index contributed by atoms with van der Waals surface area (Å²) in [6, 6.07) is 30.0. The molecular formula is C33H26ClN7O. The first-order chi connectivity index (χ1) is 20.6. The maximum Gasteiger partial charge on any atom is 0.227 e. The monoisotopic (exact) mass is 571 g/mol. The van der Waals surface area contributed by atoms with Gasteiger partial charge in [0.25, 0.3) is 0 Å². The van der Waals surface area contributed by atoms with Crippen LogP contribution in [0.25, 0.3) is 44.6 Å². The summed E-state index contributed by atoms with van der Waals surface area (Å²) in [5.74, 6) is 2.11. The van der Waals surface area contributed by atoms with Gasteiger partial charge in [-0.05, 0) is 66.2 Å². The molecule has 0 aliphatic heterocycles. The first-order valence-corrected chi connectivity index (χ1v) is 13.8. The number of aromatic nitrogens is 5. The van der Waals surface area contributed by atoms with E-state index in [1.54, 1.807) is 13.3 Å². The predicted molar refractivity (Wildman–Crippen MR) is 169 cm³/mol. The number of nitrogens with two attached hydrogens (primary N) is 1. The van der Waals surface area contributed by atoms with Crippen molar-refractivity contribution in [3.8, 4) is 28.4 Å². The number of aromatic amines is 1. The topological polar surface area (TPSA) is 107 Å². The van der Waals surface area contributed by atoms with Crippen LogP contribution in [0.4, 0.5) is 17.3 Å². The smallest absolute Gasteiger partial charge is 0.227 e. The standard InChI is InChI=1S/C33H26ClN7O/c1-42-24-13-6-20(7-14-24)19-41-30-15-12-23(16-29(30)39-32(41)21-8-10-22(35)11-9-21)38-33-37-18-27(34)31(40-33)26-17-36-28-5-3-2-4-25(26)28/h2-18,36H,19,35H2,1H3,(H,37,38,40). The molecule has 0 saturated carbocycles. The summed E-state index contributed by atoms with van der Waals surface area (Å²) in [6.45, 7) is 0.640. The van der Waals surface area contributed by atoms with Crippen molar-refractivity contribution in [2.24, 2.45) is 0 Å². The second-order valence-corrected chi connectivity index (χ2v) is 10.4. The van der Waals surface area contributed by atoms with Gasteiger partial charge in [-0.3, -0.25) is 0 Å². The van der Waals surface area contributed by atoms with E-state index in [2.05, 4.69) is 38.1 Å². The third-order valence-electron chi connectivity index (χ3n) is 7.26. The fourth-order valence-corrected chi connectivity index (χ4v) is 5.34. The van der Waals surface area contributed by atoms with Gasteiger partial charge in [0.15, 0.2) is 0 Å². The molecule has 0 aliphatic carbocycles. The summed E-state index contributed by atoms with van der Waals surface area (Å²) in [5, 5.41) is 4.86. The van der Waals surface area contributed by atoms with Crippen LogP contribution in [0.1, 0.15) is 5.56 Å². The molecule has 0 fully saturated rings. The molecule has 0 unspecified atom stereocenters. The molecule has 0 spiro atoms. The number of fused-ring (bicyclic) bond motifs is 2. The van der Waals surface area contributed by atoms with Crippen LogP contribution in [-0.4, -0.2) is 31.6 Å². The molecular weight excluding hydrogens is 546 g/mol. The van der Waals surface area contributed by atoms with Crippen molar-refractivity contribution >= 4 is 50.9 Å². The highest BCUT2D eigenvalue weighted by Crippen LogP contribution is 2.33. The summed E-state index contributed by atoms with van der Waals surface area (Å²) < 4.78 is 7.55. The third kappa shape index (κ3) is 4.78. The molecule has 0 atom stereocenters. The molecule has 3 aromatic heterocycles. The summed E-state index contributed by atoms with van der Waals surface area (Å²) >= 11 is 6.55. The average Bonchev–Trinajstić information content (AvgIpc) is 3.60. The number of nitrogens with zero attached hydrogens (tertiary/aromatic N) is 4. The number of methoxy groups -OCH3 is 1. The van der Waals surface area contributed by atoms with Crippen LogP contribution >= 0.6 is 11.6 Å². The van der Waals surface area contributed by atoms with Crippen LogP contribution in [0.15, 0.2) is 103 Å². The summed E-state index contributed by atoms with van der Waals surface area (Å²) in [5.41, 5.74) is 14.0. The first kappa shape index (κ1) is 25.6. The van der Waals surface area contributed by atoms with Gasteiger partial charge in [0.05, 0.1) is 35.1 Å². The van der Waals surface area contributed by atoms with Crippen molar-refractivity contribution in [1.82, 2.24) is 24.5 Å². The number of hydrogen-bond donors (Lipinski definition) is 3. The van der Waals surface area contributed by atoms with Gasteiger partial charge in [-0.2, -0.15) is 0 Å². The number of hydrogen-bond acceptors (Lipinski definition) is 6. The highest BCUT2D eigenvalue weighted by molar-refractivity contribution is 6.33. The molecule has 0 aliphatic rings. The number of benzene rings is 4. The fraction of sp³-hybridized carbons (Fsp3) is 0.0606. The van der Waals surface area contributed by atoms with Crippen LogP contribution in [-0.2, 0) is 6.54 Å². The molecule has 0 radical (unpaired) electrons. The minimum atomic E-state index is 0.440. The van der Waals surface area contributed by atoms with E-state index in [1.807, 2.05) is 79.0 Å². The Morgan fingerprint density at radius 3 is 2.57 bits per heavy atom. The van der Waals surface area contributed by atoms with E-state index in [0.29, 0.717) is 28.9 Å². The maximum atomic E-state index is 6.55. The molecule has 206 valence electrons. The Balaban J connectivity index is 1.26. The van der Waals surface area contributed by atoms with E-state index in [4.69, 9.17) is 32.0 Å². The molecule has 7 rings (SSSR count). The van der Waals surface area contributed by atoms with Gasteiger partial charge >= 0.3 is 0 Å². The molecule has 3 heterocycles. The van der Waals surface area contributed by atoms with E-state index in [1.165, 1.54) is 0 Å².